The molecular formula is C19H26IN5S. The molecule has 0 aliphatic heterocycles. The lowest BCUT2D eigenvalue weighted by Gasteiger charge is -2.10. The Morgan fingerprint density at radius 2 is 1.92 bits per heavy atom. The Morgan fingerprint density at radius 3 is 2.65 bits per heavy atom. The van der Waals surface area contributed by atoms with Crippen LogP contribution < -0.4 is 10.6 Å². The van der Waals surface area contributed by atoms with E-state index < -0.39 is 0 Å². The van der Waals surface area contributed by atoms with Crippen LogP contribution in [0.4, 0.5) is 0 Å². The van der Waals surface area contributed by atoms with Crippen molar-refractivity contribution in [3.63, 3.8) is 0 Å². The number of H-pyrrole nitrogens is 1. The van der Waals surface area contributed by atoms with Gasteiger partial charge in [-0.1, -0.05) is 19.1 Å². The van der Waals surface area contributed by atoms with Gasteiger partial charge >= 0.3 is 0 Å². The number of nitrogens with zero attached hydrogens (tertiary/aromatic N) is 2. The number of aryl methyl sites for hydroxylation is 1. The molecule has 26 heavy (non-hydrogen) atoms. The van der Waals surface area contributed by atoms with Crippen LogP contribution in [-0.4, -0.2) is 29.0 Å². The lowest BCUT2D eigenvalue weighted by Crippen LogP contribution is -2.38. The number of rotatable bonds is 7. The lowest BCUT2D eigenvalue weighted by atomic mass is 10.3. The number of guanidine groups is 1. The molecule has 0 fully saturated rings. The quantitative estimate of drug-likeness (QED) is 0.269. The molecule has 0 amide bonds. The Labute approximate surface area is 175 Å². The molecule has 0 bridgehead atoms. The van der Waals surface area contributed by atoms with Gasteiger partial charge in [0, 0.05) is 29.3 Å². The molecule has 140 valence electrons. The Morgan fingerprint density at radius 1 is 1.12 bits per heavy atom. The number of hydrogen-bond acceptors (Lipinski definition) is 3. The van der Waals surface area contributed by atoms with Gasteiger partial charge < -0.3 is 15.6 Å². The number of para-hydroxylation sites is 2. The van der Waals surface area contributed by atoms with Gasteiger partial charge in [-0.2, -0.15) is 0 Å². The van der Waals surface area contributed by atoms with Crippen LogP contribution in [-0.2, 0) is 19.4 Å². The van der Waals surface area contributed by atoms with Gasteiger partial charge in [-0.15, -0.1) is 35.3 Å². The molecule has 0 saturated carbocycles. The van der Waals surface area contributed by atoms with Crippen LogP contribution in [0, 0.1) is 0 Å². The second-order valence-electron chi connectivity index (χ2n) is 5.79. The third-order valence-electron chi connectivity index (χ3n) is 3.90. The fraction of sp³-hybridized carbons (Fsp3) is 0.368. The van der Waals surface area contributed by atoms with Gasteiger partial charge in [0.2, 0.25) is 0 Å². The molecule has 0 atom stereocenters. The first kappa shape index (κ1) is 20.7. The van der Waals surface area contributed by atoms with Crippen LogP contribution in [0.1, 0.15) is 29.4 Å². The molecule has 0 aliphatic rings. The highest BCUT2D eigenvalue weighted by molar-refractivity contribution is 14.0. The van der Waals surface area contributed by atoms with Crippen molar-refractivity contribution in [1.29, 1.82) is 0 Å². The second kappa shape index (κ2) is 10.5. The average Bonchev–Trinajstić information content (AvgIpc) is 3.25. The summed E-state index contributed by atoms with van der Waals surface area (Å²) in [6.07, 6.45) is 1.92. The largest absolute Gasteiger partial charge is 0.357 e. The van der Waals surface area contributed by atoms with Gasteiger partial charge in [0.1, 0.15) is 5.82 Å². The Kier molecular flexibility index (Phi) is 8.37. The van der Waals surface area contributed by atoms with Gasteiger partial charge in [-0.3, -0.25) is 0 Å². The summed E-state index contributed by atoms with van der Waals surface area (Å²) < 4.78 is 0. The maximum Gasteiger partial charge on any atom is 0.191 e. The van der Waals surface area contributed by atoms with E-state index in [9.17, 15) is 0 Å². The van der Waals surface area contributed by atoms with E-state index in [1.165, 1.54) is 9.75 Å². The number of aromatic nitrogens is 2. The minimum Gasteiger partial charge on any atom is -0.357 e. The molecule has 3 rings (SSSR count). The van der Waals surface area contributed by atoms with E-state index in [1.54, 1.807) is 0 Å². The van der Waals surface area contributed by atoms with E-state index in [0.29, 0.717) is 6.54 Å². The molecule has 2 aromatic heterocycles. The lowest BCUT2D eigenvalue weighted by molar-refractivity contribution is 0.781. The molecule has 0 radical (unpaired) electrons. The summed E-state index contributed by atoms with van der Waals surface area (Å²) in [5.41, 5.74) is 2.10. The van der Waals surface area contributed by atoms with E-state index in [-0.39, 0.29) is 24.0 Å². The normalized spacial score (nSPS) is 11.4. The molecule has 7 heteroatoms. The number of fused-ring (bicyclic) bond motifs is 1. The smallest absolute Gasteiger partial charge is 0.191 e. The minimum atomic E-state index is 0. The maximum absolute atomic E-state index is 4.68. The molecule has 0 unspecified atom stereocenters. The van der Waals surface area contributed by atoms with Crippen molar-refractivity contribution < 1.29 is 0 Å². The van der Waals surface area contributed by atoms with Gasteiger partial charge in [0.25, 0.3) is 0 Å². The van der Waals surface area contributed by atoms with E-state index in [0.717, 1.165) is 48.7 Å². The monoisotopic (exact) mass is 483 g/mol. The molecule has 3 aromatic rings. The van der Waals surface area contributed by atoms with Gasteiger partial charge in [0.15, 0.2) is 5.96 Å². The highest BCUT2D eigenvalue weighted by Crippen LogP contribution is 2.17. The summed E-state index contributed by atoms with van der Waals surface area (Å²) in [6.45, 7) is 6.61. The van der Waals surface area contributed by atoms with E-state index in [4.69, 9.17) is 0 Å². The van der Waals surface area contributed by atoms with Crippen LogP contribution in [0.15, 0.2) is 41.4 Å². The molecule has 0 aliphatic carbocycles. The summed E-state index contributed by atoms with van der Waals surface area (Å²) >= 11 is 1.84. The Bertz CT molecular complexity index is 806. The van der Waals surface area contributed by atoms with Crippen LogP contribution in [0.25, 0.3) is 11.0 Å². The fourth-order valence-electron chi connectivity index (χ4n) is 2.62. The summed E-state index contributed by atoms with van der Waals surface area (Å²) in [6, 6.07) is 12.5. The van der Waals surface area contributed by atoms with Crippen molar-refractivity contribution in [1.82, 2.24) is 20.6 Å². The number of halogens is 1. The van der Waals surface area contributed by atoms with E-state index in [1.807, 2.05) is 29.5 Å². The predicted octanol–water partition coefficient (Wildman–Crippen LogP) is 4.10. The Hall–Kier alpha value is -1.61. The number of imidazole rings is 1. The Balaban J connectivity index is 0.00000243. The van der Waals surface area contributed by atoms with Crippen LogP contribution in [0.3, 0.4) is 0 Å². The molecule has 0 saturated heterocycles. The van der Waals surface area contributed by atoms with Crippen LogP contribution in [0.2, 0.25) is 0 Å². The van der Waals surface area contributed by atoms with Crippen LogP contribution in [0.5, 0.6) is 0 Å². The number of thiophene rings is 1. The number of aromatic amines is 1. The third-order valence-corrected chi connectivity index (χ3v) is 5.11. The summed E-state index contributed by atoms with van der Waals surface area (Å²) in [5.74, 6) is 1.85. The average molecular weight is 483 g/mol. The summed E-state index contributed by atoms with van der Waals surface area (Å²) in [5, 5.41) is 6.69. The number of nitrogens with one attached hydrogen (secondary N) is 3. The second-order valence-corrected chi connectivity index (χ2v) is 7.05. The number of aliphatic imine (C=N–C) groups is 1. The topological polar surface area (TPSA) is 65.1 Å². The zero-order chi connectivity index (χ0) is 17.5. The van der Waals surface area contributed by atoms with Crippen molar-refractivity contribution >= 4 is 52.3 Å². The van der Waals surface area contributed by atoms with Gasteiger partial charge in [-0.25, -0.2) is 9.98 Å². The summed E-state index contributed by atoms with van der Waals surface area (Å²) in [4.78, 5) is 15.4. The van der Waals surface area contributed by atoms with Crippen molar-refractivity contribution in [2.45, 2.75) is 33.2 Å². The molecule has 3 N–H and O–H groups in total. The number of hydrogen-bond donors (Lipinski definition) is 3. The van der Waals surface area contributed by atoms with Crippen LogP contribution >= 0.6 is 35.3 Å². The van der Waals surface area contributed by atoms with Crippen molar-refractivity contribution in [2.24, 2.45) is 4.99 Å². The highest BCUT2D eigenvalue weighted by atomic mass is 127. The van der Waals surface area contributed by atoms with Gasteiger partial charge in [-0.05, 0) is 37.6 Å². The fourth-order valence-corrected chi connectivity index (χ4v) is 3.50. The summed E-state index contributed by atoms with van der Waals surface area (Å²) in [7, 11) is 0. The molecular weight excluding hydrogens is 457 g/mol. The zero-order valence-corrected chi connectivity index (χ0v) is 18.4. The van der Waals surface area contributed by atoms with Crippen molar-refractivity contribution in [3.05, 3.63) is 52.0 Å². The standard InChI is InChI=1S/C19H25N5S.HI/c1-3-14-9-10-15(25-14)13-22-19(20-4-2)21-12-11-18-23-16-7-5-6-8-17(16)24-18;/h5-10H,3-4,11-13H2,1-2H3,(H,23,24)(H2,20,21,22);1H. The minimum absolute atomic E-state index is 0. The third kappa shape index (κ3) is 5.70. The van der Waals surface area contributed by atoms with Gasteiger partial charge in [0.05, 0.1) is 17.6 Å². The molecule has 1 aromatic carbocycles. The molecule has 5 nitrogen and oxygen atoms in total. The zero-order valence-electron chi connectivity index (χ0n) is 15.2. The maximum atomic E-state index is 4.68. The molecule has 2 heterocycles. The first-order valence-electron chi connectivity index (χ1n) is 8.82. The van der Waals surface area contributed by atoms with E-state index >= 15 is 0 Å². The highest BCUT2D eigenvalue weighted by Gasteiger charge is 2.03. The predicted molar refractivity (Wildman–Crippen MR) is 122 cm³/mol. The molecule has 0 spiro atoms. The van der Waals surface area contributed by atoms with E-state index in [2.05, 4.69) is 57.6 Å². The van der Waals surface area contributed by atoms with Crippen molar-refractivity contribution in [2.75, 3.05) is 13.1 Å². The SMILES string of the molecule is CCNC(=NCc1ccc(CC)s1)NCCc1nc2ccccc2[nH]1.I. The number of benzene rings is 1. The first-order chi connectivity index (χ1) is 12.3. The first-order valence-corrected chi connectivity index (χ1v) is 9.63. The van der Waals surface area contributed by atoms with Crippen molar-refractivity contribution in [3.8, 4) is 0 Å².